The maximum absolute atomic E-state index is 14.4. The second kappa shape index (κ2) is 10.9. The number of thioether (sulfide) groups is 1. The number of benzene rings is 1. The molecule has 40 heavy (non-hydrogen) atoms. The number of Topliss-reactive ketones (excluding diaryl/α,β-unsaturated/α-hetero) is 2. The van der Waals surface area contributed by atoms with E-state index in [4.69, 9.17) is 10.5 Å². The van der Waals surface area contributed by atoms with Gasteiger partial charge in [0.1, 0.15) is 28.9 Å². The third-order valence-corrected chi connectivity index (χ3v) is 9.40. The first-order valence-electron chi connectivity index (χ1n) is 13.2. The summed E-state index contributed by atoms with van der Waals surface area (Å²) in [5.41, 5.74) is 2.10. The Morgan fingerprint density at radius 3 is 2.45 bits per heavy atom. The summed E-state index contributed by atoms with van der Waals surface area (Å²) in [5.74, 6) is -6.43. The summed E-state index contributed by atoms with van der Waals surface area (Å²) >= 11 is 1.62. The summed E-state index contributed by atoms with van der Waals surface area (Å²) in [5, 5.41) is 45.7. The number of amides is 1. The summed E-state index contributed by atoms with van der Waals surface area (Å²) in [6.45, 7) is 7.79. The number of nitrogens with two attached hydrogens (primary N) is 1. The van der Waals surface area contributed by atoms with Crippen LogP contribution in [0.2, 0.25) is 0 Å². The summed E-state index contributed by atoms with van der Waals surface area (Å²) < 4.78 is 6.34. The van der Waals surface area contributed by atoms with Crippen LogP contribution in [0.15, 0.2) is 47.4 Å². The highest BCUT2D eigenvalue weighted by Crippen LogP contribution is 2.57. The van der Waals surface area contributed by atoms with Crippen LogP contribution in [-0.2, 0) is 19.1 Å². The number of carbonyl (C=O) groups excluding carboxylic acids is 3. The van der Waals surface area contributed by atoms with Crippen molar-refractivity contribution in [3.63, 3.8) is 0 Å². The fourth-order valence-electron chi connectivity index (χ4n) is 6.34. The standard InChI is InChI=1S/C29H36N2O8S/c1-6-11-40-12-15-14-9-8-10-16(32)17(14)23(33)19-18(15)25(39-13(3)7-2)21-22(31(4)5)24(34)20(28(30)37)27(36)29(21,38)26(19)35/h8-10,15,18,21-22,25,32-33,36,38H,3,6-7,11-12H2,1-2,4-5H3,(H2,30,37)/t15-,18+,21+,22-,25-,29-/m0/s1. The normalized spacial score (nSPS) is 29.7. The number of phenolic OH excluding ortho intramolecular Hbond substituents is 1. The van der Waals surface area contributed by atoms with Crippen molar-refractivity contribution in [3.8, 4) is 5.75 Å². The van der Waals surface area contributed by atoms with E-state index in [2.05, 4.69) is 6.58 Å². The number of likely N-dealkylation sites (N-methyl/N-ethyl adjacent to an activating group) is 1. The molecular weight excluding hydrogens is 536 g/mol. The van der Waals surface area contributed by atoms with E-state index in [9.17, 15) is 34.8 Å². The van der Waals surface area contributed by atoms with Gasteiger partial charge in [-0.15, -0.1) is 0 Å². The number of aliphatic hydroxyl groups excluding tert-OH is 2. The van der Waals surface area contributed by atoms with Gasteiger partial charge in [0.05, 0.1) is 23.3 Å². The van der Waals surface area contributed by atoms with Gasteiger partial charge in [0.25, 0.3) is 5.91 Å². The molecule has 6 N–H and O–H groups in total. The number of allylic oxidation sites excluding steroid dienone is 1. The minimum absolute atomic E-state index is 0.0500. The first-order chi connectivity index (χ1) is 18.8. The van der Waals surface area contributed by atoms with E-state index in [0.29, 0.717) is 23.5 Å². The second-order valence-corrected chi connectivity index (χ2v) is 11.8. The predicted molar refractivity (Wildman–Crippen MR) is 151 cm³/mol. The summed E-state index contributed by atoms with van der Waals surface area (Å²) in [4.78, 5) is 41.8. The molecule has 0 aromatic heterocycles. The number of rotatable bonds is 9. The monoisotopic (exact) mass is 572 g/mol. The zero-order chi connectivity index (χ0) is 29.7. The number of carbonyl (C=O) groups is 3. The van der Waals surface area contributed by atoms with Gasteiger partial charge in [0.2, 0.25) is 5.78 Å². The molecule has 0 saturated heterocycles. The molecular formula is C29H36N2O8S. The third kappa shape index (κ3) is 4.31. The van der Waals surface area contributed by atoms with Gasteiger partial charge in [0, 0.05) is 29.6 Å². The number of primary amides is 1. The Hall–Kier alpha value is -3.28. The van der Waals surface area contributed by atoms with E-state index in [0.717, 1.165) is 12.2 Å². The Labute approximate surface area is 237 Å². The van der Waals surface area contributed by atoms with Crippen LogP contribution < -0.4 is 5.73 Å². The van der Waals surface area contributed by atoms with Crippen LogP contribution in [0.4, 0.5) is 0 Å². The predicted octanol–water partition coefficient (Wildman–Crippen LogP) is 2.57. The molecule has 4 rings (SSSR count). The highest BCUT2D eigenvalue weighted by atomic mass is 32.2. The van der Waals surface area contributed by atoms with Crippen LogP contribution >= 0.6 is 11.8 Å². The zero-order valence-electron chi connectivity index (χ0n) is 23.0. The van der Waals surface area contributed by atoms with Gasteiger partial charge in [-0.25, -0.2) is 0 Å². The average molecular weight is 573 g/mol. The average Bonchev–Trinajstić information content (AvgIpc) is 2.89. The Bertz CT molecular complexity index is 1340. The molecule has 3 aliphatic rings. The molecule has 1 aromatic rings. The van der Waals surface area contributed by atoms with Crippen molar-refractivity contribution in [2.24, 2.45) is 17.6 Å². The molecule has 1 fully saturated rings. The molecule has 6 atom stereocenters. The molecule has 3 aliphatic carbocycles. The molecule has 0 bridgehead atoms. The van der Waals surface area contributed by atoms with Crippen molar-refractivity contribution in [2.75, 3.05) is 25.6 Å². The SMILES string of the molecule is C=C(CC)O[C@H]1[C@H]2C(=C(O)c3c(O)cccc3[C@@H]2CSCCC)C(=O)[C@]2(O)C(O)=C(C(N)=O)C(=O)[C@@H](N(C)C)[C@H]12. The molecule has 0 radical (unpaired) electrons. The van der Waals surface area contributed by atoms with E-state index in [-0.39, 0.29) is 16.9 Å². The van der Waals surface area contributed by atoms with Crippen molar-refractivity contribution in [1.82, 2.24) is 4.90 Å². The molecule has 11 heteroatoms. The number of ketones is 2. The number of ether oxygens (including phenoxy) is 1. The number of nitrogens with zero attached hydrogens (tertiary/aromatic N) is 1. The highest BCUT2D eigenvalue weighted by Gasteiger charge is 2.69. The summed E-state index contributed by atoms with van der Waals surface area (Å²) in [6.07, 6.45) is 0.111. The Kier molecular flexibility index (Phi) is 8.13. The van der Waals surface area contributed by atoms with Crippen molar-refractivity contribution < 1.29 is 39.5 Å². The molecule has 1 amide bonds. The molecule has 0 unspecified atom stereocenters. The topological polar surface area (TPSA) is 171 Å². The van der Waals surface area contributed by atoms with Gasteiger partial charge < -0.3 is 30.9 Å². The van der Waals surface area contributed by atoms with Crippen molar-refractivity contribution in [3.05, 3.63) is 58.6 Å². The third-order valence-electron chi connectivity index (χ3n) is 8.11. The number of aromatic hydroxyl groups is 1. The lowest BCUT2D eigenvalue weighted by atomic mass is 9.54. The highest BCUT2D eigenvalue weighted by molar-refractivity contribution is 7.99. The lowest BCUT2D eigenvalue weighted by molar-refractivity contribution is -0.171. The van der Waals surface area contributed by atoms with Gasteiger partial charge in [-0.2, -0.15) is 11.8 Å². The van der Waals surface area contributed by atoms with E-state index in [1.165, 1.54) is 11.0 Å². The quantitative estimate of drug-likeness (QED) is 0.168. The first-order valence-corrected chi connectivity index (χ1v) is 14.4. The Morgan fingerprint density at radius 1 is 1.20 bits per heavy atom. The smallest absolute Gasteiger partial charge is 0.255 e. The van der Waals surface area contributed by atoms with Crippen LogP contribution in [0.25, 0.3) is 5.76 Å². The van der Waals surface area contributed by atoms with Crippen LogP contribution in [0, 0.1) is 11.8 Å². The molecule has 10 nitrogen and oxygen atoms in total. The second-order valence-electron chi connectivity index (χ2n) is 10.7. The van der Waals surface area contributed by atoms with Crippen LogP contribution in [0.3, 0.4) is 0 Å². The van der Waals surface area contributed by atoms with Crippen molar-refractivity contribution in [2.45, 2.75) is 50.4 Å². The fourth-order valence-corrected chi connectivity index (χ4v) is 7.43. The van der Waals surface area contributed by atoms with Crippen molar-refractivity contribution in [1.29, 1.82) is 0 Å². The van der Waals surface area contributed by atoms with Crippen LogP contribution in [0.1, 0.15) is 43.7 Å². The summed E-state index contributed by atoms with van der Waals surface area (Å²) in [7, 11) is 3.09. The van der Waals surface area contributed by atoms with Gasteiger partial charge in [-0.05, 0) is 37.9 Å². The Balaban J connectivity index is 2.10. The van der Waals surface area contributed by atoms with Crippen LogP contribution in [-0.4, -0.2) is 86.1 Å². The number of fused-ring (bicyclic) bond motifs is 3. The minimum Gasteiger partial charge on any atom is -0.508 e. The lowest BCUT2D eigenvalue weighted by Crippen LogP contribution is -2.71. The van der Waals surface area contributed by atoms with E-state index in [1.54, 1.807) is 44.9 Å². The largest absolute Gasteiger partial charge is 0.508 e. The maximum Gasteiger partial charge on any atom is 0.255 e. The van der Waals surface area contributed by atoms with E-state index < -0.39 is 70.1 Å². The zero-order valence-corrected chi connectivity index (χ0v) is 23.8. The minimum atomic E-state index is -2.84. The molecule has 0 heterocycles. The van der Waals surface area contributed by atoms with Gasteiger partial charge >= 0.3 is 0 Å². The van der Waals surface area contributed by atoms with E-state index in [1.807, 2.05) is 6.92 Å². The fraction of sp³-hybridized carbons (Fsp3) is 0.483. The molecule has 1 saturated carbocycles. The van der Waals surface area contributed by atoms with Crippen molar-refractivity contribution >= 4 is 35.0 Å². The molecule has 216 valence electrons. The van der Waals surface area contributed by atoms with Gasteiger partial charge in [-0.3, -0.25) is 19.3 Å². The van der Waals surface area contributed by atoms with Gasteiger partial charge in [-0.1, -0.05) is 32.6 Å². The molecule has 0 aliphatic heterocycles. The molecule has 0 spiro atoms. The first kappa shape index (κ1) is 29.7. The summed E-state index contributed by atoms with van der Waals surface area (Å²) in [6, 6.07) is 3.49. The Morgan fingerprint density at radius 2 is 1.88 bits per heavy atom. The lowest BCUT2D eigenvalue weighted by Gasteiger charge is -2.55. The maximum atomic E-state index is 14.4. The number of aliphatic hydroxyl groups is 3. The number of phenols is 1. The number of hydrogen-bond acceptors (Lipinski definition) is 10. The van der Waals surface area contributed by atoms with E-state index >= 15 is 0 Å². The molecule has 1 aromatic carbocycles. The number of hydrogen-bond donors (Lipinski definition) is 5. The van der Waals surface area contributed by atoms with Crippen LogP contribution in [0.5, 0.6) is 5.75 Å². The van der Waals surface area contributed by atoms with Gasteiger partial charge in [0.15, 0.2) is 11.4 Å².